The Morgan fingerprint density at radius 2 is 1.21 bits per heavy atom. The molecular formula is C48H64O10. The first-order chi connectivity index (χ1) is 27.5. The zero-order valence-corrected chi connectivity index (χ0v) is 36.6. The standard InChI is InChI=1S/C48H64O10/c1-13-30(7)43(49)54-28-40-38(33(10)57-47(53)48(15-3,16-4)17-5)25-26-39(41(40)34(11)55-44(50)31(8)14-2)42(58-45(51)36-21-19-18-20-22-36)35(12)56-46(52)37-24-23-29(6)27-32(37)9/h18-27,30-31,33-35,42H,13-17,28H2,1-12H3. The monoisotopic (exact) mass is 800 g/mol. The maximum atomic E-state index is 13.9. The first-order valence-electron chi connectivity index (χ1n) is 20.8. The van der Waals surface area contributed by atoms with E-state index in [1.807, 2.05) is 60.6 Å². The molecule has 10 nitrogen and oxygen atoms in total. The Hall–Kier alpha value is -4.99. The SMILES string of the molecule is CCC(C)C(=O)OCc1c(C(C)OC(=O)C(CC)(CC)CC)ccc(C(OC(=O)c2ccccc2)C(C)OC(=O)c2ccc(C)cc2C)c1C(C)OC(=O)C(C)CC. The predicted octanol–water partition coefficient (Wildman–Crippen LogP) is 11.0. The molecule has 6 unspecified atom stereocenters. The lowest BCUT2D eigenvalue weighted by Crippen LogP contribution is -2.32. The molecule has 316 valence electrons. The van der Waals surface area contributed by atoms with Crippen LogP contribution in [0.25, 0.3) is 0 Å². The average molecular weight is 801 g/mol. The summed E-state index contributed by atoms with van der Waals surface area (Å²) in [6, 6.07) is 17.3. The second-order valence-electron chi connectivity index (χ2n) is 15.5. The van der Waals surface area contributed by atoms with Gasteiger partial charge in [-0.25, -0.2) is 9.59 Å². The molecule has 0 saturated heterocycles. The van der Waals surface area contributed by atoms with E-state index in [9.17, 15) is 24.0 Å². The van der Waals surface area contributed by atoms with E-state index in [4.69, 9.17) is 23.7 Å². The van der Waals surface area contributed by atoms with Gasteiger partial charge in [-0.3, -0.25) is 14.4 Å². The Labute approximate surface area is 345 Å². The number of aryl methyl sites for hydroxylation is 2. The lowest BCUT2D eigenvalue weighted by Gasteiger charge is -2.33. The zero-order valence-electron chi connectivity index (χ0n) is 36.6. The molecule has 6 atom stereocenters. The van der Waals surface area contributed by atoms with E-state index >= 15 is 0 Å². The van der Waals surface area contributed by atoms with Crippen LogP contribution in [0, 0.1) is 31.1 Å². The van der Waals surface area contributed by atoms with Crippen LogP contribution >= 0.6 is 0 Å². The fourth-order valence-corrected chi connectivity index (χ4v) is 6.98. The van der Waals surface area contributed by atoms with Crippen molar-refractivity contribution in [3.05, 3.63) is 105 Å². The molecule has 0 amide bonds. The van der Waals surface area contributed by atoms with E-state index < -0.39 is 65.5 Å². The van der Waals surface area contributed by atoms with Crippen LogP contribution < -0.4 is 0 Å². The smallest absolute Gasteiger partial charge is 0.338 e. The summed E-state index contributed by atoms with van der Waals surface area (Å²) in [5.41, 5.74) is 3.30. The van der Waals surface area contributed by atoms with Gasteiger partial charge in [0, 0.05) is 16.7 Å². The third kappa shape index (κ3) is 11.6. The minimum absolute atomic E-state index is 0.268. The Bertz CT molecular complexity index is 1870. The van der Waals surface area contributed by atoms with Crippen molar-refractivity contribution in [1.29, 1.82) is 0 Å². The predicted molar refractivity (Wildman–Crippen MR) is 223 cm³/mol. The molecule has 0 aliphatic carbocycles. The van der Waals surface area contributed by atoms with Gasteiger partial charge in [-0.1, -0.05) is 96.5 Å². The normalized spacial score (nSPS) is 14.6. The maximum Gasteiger partial charge on any atom is 0.338 e. The van der Waals surface area contributed by atoms with Gasteiger partial charge in [0.2, 0.25) is 0 Å². The van der Waals surface area contributed by atoms with E-state index in [1.165, 1.54) is 0 Å². The summed E-state index contributed by atoms with van der Waals surface area (Å²) in [7, 11) is 0. The van der Waals surface area contributed by atoms with Crippen molar-refractivity contribution in [1.82, 2.24) is 0 Å². The van der Waals surface area contributed by atoms with Crippen molar-refractivity contribution >= 4 is 29.8 Å². The zero-order chi connectivity index (χ0) is 43.3. The third-order valence-corrected chi connectivity index (χ3v) is 11.6. The molecule has 0 bridgehead atoms. The van der Waals surface area contributed by atoms with Gasteiger partial charge in [-0.15, -0.1) is 0 Å². The van der Waals surface area contributed by atoms with Crippen molar-refractivity contribution in [3.63, 3.8) is 0 Å². The molecule has 3 aromatic carbocycles. The van der Waals surface area contributed by atoms with Crippen molar-refractivity contribution in [2.24, 2.45) is 17.3 Å². The number of carbonyl (C=O) groups is 5. The molecule has 10 heteroatoms. The van der Waals surface area contributed by atoms with Crippen LogP contribution in [0.3, 0.4) is 0 Å². The largest absolute Gasteiger partial charge is 0.461 e. The van der Waals surface area contributed by atoms with Gasteiger partial charge in [0.15, 0.2) is 6.10 Å². The number of benzene rings is 3. The van der Waals surface area contributed by atoms with Gasteiger partial charge in [0.25, 0.3) is 0 Å². The number of ether oxygens (including phenoxy) is 5. The lowest BCUT2D eigenvalue weighted by molar-refractivity contribution is -0.162. The molecular weight excluding hydrogens is 737 g/mol. The van der Waals surface area contributed by atoms with E-state index in [-0.39, 0.29) is 18.1 Å². The summed E-state index contributed by atoms with van der Waals surface area (Å²) < 4.78 is 30.7. The highest BCUT2D eigenvalue weighted by Crippen LogP contribution is 2.41. The fraction of sp³-hybridized carbons (Fsp3) is 0.521. The minimum atomic E-state index is -1.24. The van der Waals surface area contributed by atoms with Crippen LogP contribution in [-0.4, -0.2) is 36.0 Å². The Kier molecular flexibility index (Phi) is 17.7. The molecule has 0 aromatic heterocycles. The van der Waals surface area contributed by atoms with Crippen LogP contribution in [0.4, 0.5) is 0 Å². The van der Waals surface area contributed by atoms with Crippen molar-refractivity contribution in [2.45, 2.75) is 146 Å². The second-order valence-corrected chi connectivity index (χ2v) is 15.5. The highest BCUT2D eigenvalue weighted by Gasteiger charge is 2.38. The van der Waals surface area contributed by atoms with E-state index in [0.717, 1.165) is 11.1 Å². The number of hydrogen-bond donors (Lipinski definition) is 0. The van der Waals surface area contributed by atoms with Crippen molar-refractivity contribution in [2.75, 3.05) is 0 Å². The van der Waals surface area contributed by atoms with E-state index in [0.29, 0.717) is 59.9 Å². The highest BCUT2D eigenvalue weighted by atomic mass is 16.6. The minimum Gasteiger partial charge on any atom is -0.461 e. The first kappa shape index (κ1) is 47.4. The quantitative estimate of drug-likeness (QED) is 0.0803. The van der Waals surface area contributed by atoms with Crippen molar-refractivity contribution in [3.8, 4) is 0 Å². The summed E-state index contributed by atoms with van der Waals surface area (Å²) >= 11 is 0. The summed E-state index contributed by atoms with van der Waals surface area (Å²) in [6.45, 7) is 21.7. The van der Waals surface area contributed by atoms with Gasteiger partial charge in [0.1, 0.15) is 24.9 Å². The van der Waals surface area contributed by atoms with Gasteiger partial charge in [-0.05, 0) is 96.0 Å². The van der Waals surface area contributed by atoms with Crippen molar-refractivity contribution < 1.29 is 47.7 Å². The Morgan fingerprint density at radius 1 is 0.621 bits per heavy atom. The van der Waals surface area contributed by atoms with Gasteiger partial charge >= 0.3 is 29.8 Å². The number of carbonyl (C=O) groups excluding carboxylic acids is 5. The number of esters is 5. The molecule has 3 aromatic rings. The Morgan fingerprint density at radius 3 is 1.78 bits per heavy atom. The van der Waals surface area contributed by atoms with E-state index in [2.05, 4.69) is 0 Å². The maximum absolute atomic E-state index is 13.9. The van der Waals surface area contributed by atoms with Crippen LogP contribution in [-0.2, 0) is 44.7 Å². The summed E-state index contributed by atoms with van der Waals surface area (Å²) in [4.78, 5) is 68.1. The molecule has 0 heterocycles. The van der Waals surface area contributed by atoms with Gasteiger partial charge in [-0.2, -0.15) is 0 Å². The molecule has 0 radical (unpaired) electrons. The molecule has 0 fully saturated rings. The molecule has 0 aliphatic rings. The second kappa shape index (κ2) is 21.7. The van der Waals surface area contributed by atoms with Gasteiger partial charge in [0.05, 0.1) is 28.4 Å². The lowest BCUT2D eigenvalue weighted by atomic mass is 9.80. The topological polar surface area (TPSA) is 132 Å². The molecule has 0 aliphatic heterocycles. The number of hydrogen-bond acceptors (Lipinski definition) is 10. The van der Waals surface area contributed by atoms with Crippen LogP contribution in [0.2, 0.25) is 0 Å². The summed E-state index contributed by atoms with van der Waals surface area (Å²) in [6.07, 6.45) is -1.30. The number of rotatable bonds is 20. The molecule has 0 spiro atoms. The Balaban J connectivity index is 2.36. The van der Waals surface area contributed by atoms with Crippen LogP contribution in [0.1, 0.15) is 174 Å². The van der Waals surface area contributed by atoms with E-state index in [1.54, 1.807) is 83.1 Å². The summed E-state index contributed by atoms with van der Waals surface area (Å²) in [5.74, 6) is -3.39. The van der Waals surface area contributed by atoms with Crippen LogP contribution in [0.15, 0.2) is 60.7 Å². The first-order valence-corrected chi connectivity index (χ1v) is 20.8. The molecule has 58 heavy (non-hydrogen) atoms. The highest BCUT2D eigenvalue weighted by molar-refractivity contribution is 5.91. The molecule has 0 saturated carbocycles. The summed E-state index contributed by atoms with van der Waals surface area (Å²) in [5, 5.41) is 0. The van der Waals surface area contributed by atoms with Gasteiger partial charge < -0.3 is 23.7 Å². The average Bonchev–Trinajstić information content (AvgIpc) is 3.21. The fourth-order valence-electron chi connectivity index (χ4n) is 6.98. The van der Waals surface area contributed by atoms with Crippen LogP contribution in [0.5, 0.6) is 0 Å². The molecule has 0 N–H and O–H groups in total. The molecule has 3 rings (SSSR count). The third-order valence-electron chi connectivity index (χ3n) is 11.6.